The minimum Gasteiger partial charge on any atom is -0.478 e. The van der Waals surface area contributed by atoms with Gasteiger partial charge in [-0.2, -0.15) is 17.2 Å². The van der Waals surface area contributed by atoms with E-state index in [0.29, 0.717) is 36.7 Å². The van der Waals surface area contributed by atoms with Gasteiger partial charge in [-0.3, -0.25) is 4.79 Å². The highest BCUT2D eigenvalue weighted by Gasteiger charge is 2.45. The number of carbonyl (C=O) groups excluding carboxylic acids is 3. The lowest BCUT2D eigenvalue weighted by Crippen LogP contribution is -2.45. The molecule has 6 aromatic rings. The van der Waals surface area contributed by atoms with Crippen molar-refractivity contribution in [1.29, 1.82) is 0 Å². The van der Waals surface area contributed by atoms with Gasteiger partial charge in [0.2, 0.25) is 11.9 Å². The minimum absolute atomic E-state index is 0.111. The first-order valence-corrected chi connectivity index (χ1v) is 33.6. The van der Waals surface area contributed by atoms with Crippen LogP contribution in [0.3, 0.4) is 0 Å². The van der Waals surface area contributed by atoms with Crippen LogP contribution in [0, 0.1) is 23.7 Å². The third kappa shape index (κ3) is 21.2. The van der Waals surface area contributed by atoms with Crippen molar-refractivity contribution in [2.75, 3.05) is 23.7 Å². The summed E-state index contributed by atoms with van der Waals surface area (Å²) in [6.07, 6.45) is 2.26. The van der Waals surface area contributed by atoms with E-state index in [-0.39, 0.29) is 57.9 Å². The van der Waals surface area contributed by atoms with Crippen LogP contribution in [0.25, 0.3) is 0 Å². The third-order valence-corrected chi connectivity index (χ3v) is 17.3. The lowest BCUT2D eigenvalue weighted by Gasteiger charge is -2.33. The van der Waals surface area contributed by atoms with Crippen LogP contribution in [-0.2, 0) is 40.4 Å². The number of primary sulfonamides is 1. The predicted octanol–water partition coefficient (Wildman–Crippen LogP) is 13.1. The summed E-state index contributed by atoms with van der Waals surface area (Å²) in [5.41, 5.74) is -0.558. The van der Waals surface area contributed by atoms with E-state index in [0.717, 1.165) is 30.4 Å². The molecule has 21 nitrogen and oxygen atoms in total. The molecule has 2 fully saturated rings. The average molecular weight is 1330 g/mol. The predicted molar refractivity (Wildman–Crippen MR) is 352 cm³/mol. The molecule has 2 aliphatic heterocycles. The number of carboxylic acids is 1. The minimum atomic E-state index is -4.46. The molecule has 3 amide bonds. The van der Waals surface area contributed by atoms with Crippen molar-refractivity contribution >= 4 is 55.7 Å². The molecule has 2 aromatic carbocycles. The number of hydrogen-bond donors (Lipinski definition) is 5. The van der Waals surface area contributed by atoms with Gasteiger partial charge in [0.15, 0.2) is 10.1 Å². The number of nitrogens with two attached hydrogens (primary N) is 1. The summed E-state index contributed by atoms with van der Waals surface area (Å²) in [6.45, 7) is 31.5. The number of benzene rings is 2. The summed E-state index contributed by atoms with van der Waals surface area (Å²) >= 11 is 0. The average Bonchev–Trinajstić information content (AvgIpc) is 1.75. The zero-order valence-corrected chi connectivity index (χ0v) is 57.6. The Morgan fingerprint density at radius 2 is 0.935 bits per heavy atom. The van der Waals surface area contributed by atoms with Crippen molar-refractivity contribution in [1.82, 2.24) is 34.5 Å². The Kier molecular flexibility index (Phi) is 23.0. The fourth-order valence-corrected chi connectivity index (χ4v) is 12.3. The Morgan fingerprint density at radius 3 is 1.29 bits per heavy atom. The highest BCUT2D eigenvalue weighted by molar-refractivity contribution is 7.90. The van der Waals surface area contributed by atoms with Gasteiger partial charge in [-0.25, -0.2) is 52.6 Å². The molecule has 6 heterocycles. The van der Waals surface area contributed by atoms with E-state index in [1.165, 1.54) is 42.5 Å². The first-order valence-electron chi connectivity index (χ1n) is 30.6. The van der Waals surface area contributed by atoms with E-state index in [1.807, 2.05) is 167 Å². The second-order valence-electron chi connectivity index (χ2n) is 28.7. The van der Waals surface area contributed by atoms with Gasteiger partial charge in [0.25, 0.3) is 26.0 Å². The lowest BCUT2D eigenvalue weighted by atomic mass is 9.89. The quantitative estimate of drug-likeness (QED) is 0.0597. The van der Waals surface area contributed by atoms with Crippen LogP contribution >= 0.6 is 0 Å². The molecule has 8 rings (SSSR count). The van der Waals surface area contributed by atoms with E-state index in [2.05, 4.69) is 44.4 Å². The fraction of sp³-hybridized carbons (Fsp3) is 0.471. The van der Waals surface area contributed by atoms with Gasteiger partial charge in [0.1, 0.15) is 28.4 Å². The molecule has 6 N–H and O–H groups in total. The van der Waals surface area contributed by atoms with Crippen molar-refractivity contribution in [3.05, 3.63) is 167 Å². The molecule has 504 valence electrons. The van der Waals surface area contributed by atoms with Crippen molar-refractivity contribution < 1.29 is 59.4 Å². The number of hydrogen-bond acceptors (Lipinski definition) is 16. The van der Waals surface area contributed by atoms with Crippen molar-refractivity contribution in [2.45, 2.75) is 192 Å². The number of halogens is 2. The molecule has 0 aliphatic carbocycles. The highest BCUT2D eigenvalue weighted by Crippen LogP contribution is 2.41. The summed E-state index contributed by atoms with van der Waals surface area (Å²) in [4.78, 5) is 68.7. The summed E-state index contributed by atoms with van der Waals surface area (Å²) in [6, 6.07) is 33.8. The molecule has 0 radical (unpaired) electrons. The van der Waals surface area contributed by atoms with Gasteiger partial charge in [-0.15, -0.1) is 0 Å². The molecular formula is C68H90F2N10O11S2. The van der Waals surface area contributed by atoms with Crippen molar-refractivity contribution in [3.8, 4) is 0 Å². The number of carbonyl (C=O) groups is 4. The molecule has 4 atom stereocenters. The molecule has 0 bridgehead atoms. The summed E-state index contributed by atoms with van der Waals surface area (Å²) in [7, 11) is -8.36. The van der Waals surface area contributed by atoms with Gasteiger partial charge in [-0.05, 0) is 166 Å². The topological polar surface area (TPSA) is 295 Å². The first kappa shape index (κ1) is 73.9. The second kappa shape index (κ2) is 29.0. The van der Waals surface area contributed by atoms with Crippen LogP contribution < -0.4 is 20.5 Å². The van der Waals surface area contributed by atoms with Gasteiger partial charge >= 0.3 is 18.2 Å². The van der Waals surface area contributed by atoms with E-state index >= 15 is 0 Å². The summed E-state index contributed by atoms with van der Waals surface area (Å²) < 4.78 is 90.9. The van der Waals surface area contributed by atoms with Gasteiger partial charge in [0, 0.05) is 46.4 Å². The van der Waals surface area contributed by atoms with E-state index in [1.54, 1.807) is 23.1 Å². The van der Waals surface area contributed by atoms with Crippen LogP contribution in [0.4, 0.5) is 30.0 Å². The molecule has 2 aliphatic rings. The standard InChI is InChI=1S/C34H44FN5O5S.C24H34N4O4S.C10H12FNO2/c1-32(2,3)26-18-17-24(29(35)37-26)30(41)39-46(43,44)28-16-12-15-27(38-28)36-25(23-13-10-9-11-14-23)19-22-20-34(7,8)40(21-22)31(42)45-33(4,5)6;1-23(2,3)32-22(29)28-16-17(15-24(28,4)5)14-19(18-10-7-6-8-11-18)26-20-12-9-13-21(27-20)33(25,30)31;1-10(2,3)7-5-4-6(9(13)14)8(11)12-7/h9-18,22,25H,19-21H2,1-8H3,(H,36,38)(H,39,41);6-13,17,19H,14-16H2,1-5H3,(H,26,27)(H2,25,30,31);4-5H,1-3H3,(H,13,14)/t22-,25?;17-,19?;/m00./s1. The van der Waals surface area contributed by atoms with Gasteiger partial charge in [-0.1, -0.05) is 114 Å². The van der Waals surface area contributed by atoms with E-state index < -0.39 is 82.1 Å². The molecule has 2 saturated heterocycles. The number of likely N-dealkylation sites (tertiary alicyclic amines) is 2. The van der Waals surface area contributed by atoms with E-state index in [9.17, 15) is 44.8 Å². The zero-order valence-electron chi connectivity index (χ0n) is 56.0. The fourth-order valence-electron chi connectivity index (χ4n) is 10.9. The van der Waals surface area contributed by atoms with E-state index in [4.69, 9.17) is 19.7 Å². The number of amides is 3. The zero-order chi connectivity index (χ0) is 69.5. The highest BCUT2D eigenvalue weighted by atomic mass is 32.2. The van der Waals surface area contributed by atoms with Crippen molar-refractivity contribution in [2.24, 2.45) is 17.0 Å². The first-order chi connectivity index (χ1) is 42.8. The number of nitrogens with zero attached hydrogens (tertiary/aromatic N) is 6. The monoisotopic (exact) mass is 1320 g/mol. The maximum Gasteiger partial charge on any atom is 0.410 e. The number of nitrogens with one attached hydrogen (secondary N) is 3. The summed E-state index contributed by atoms with van der Waals surface area (Å²) in [5.74, 6) is -3.41. The number of anilines is 2. The number of carboxylic acid groups (broad SMARTS) is 1. The molecular weight excluding hydrogens is 1230 g/mol. The van der Waals surface area contributed by atoms with Crippen molar-refractivity contribution in [3.63, 3.8) is 0 Å². The Balaban J connectivity index is 0.000000252. The SMILES string of the molecule is CC(C)(C)OC(=O)N1C[C@@H](CC(Nc2cccc(S(=O)(=O)NC(=O)c3ccc(C(C)(C)C)nc3F)n2)c2ccccc2)CC1(C)C.CC(C)(C)OC(=O)N1C[C@@H](CC(Nc2cccc(S(N)(=O)=O)n2)c2ccccc2)CC1(C)C.CC(C)(C)c1ccc(C(=O)O)c(F)n1. The number of ether oxygens (including phenoxy) is 2. The van der Waals surface area contributed by atoms with Crippen LogP contribution in [0.2, 0.25) is 0 Å². The number of pyridine rings is 4. The Labute approximate surface area is 546 Å². The van der Waals surface area contributed by atoms with Crippen LogP contribution in [-0.4, -0.2) is 111 Å². The molecule has 2 unspecified atom stereocenters. The molecule has 25 heteroatoms. The maximum atomic E-state index is 14.7. The van der Waals surface area contributed by atoms with Gasteiger partial charge < -0.3 is 35.0 Å². The third-order valence-electron chi connectivity index (χ3n) is 15.3. The molecule has 0 saturated carbocycles. The summed E-state index contributed by atoms with van der Waals surface area (Å²) in [5, 5.41) is 20.0. The number of aromatic nitrogens is 4. The molecule has 4 aromatic heterocycles. The number of sulfonamides is 2. The maximum absolute atomic E-state index is 14.7. The van der Waals surface area contributed by atoms with Crippen LogP contribution in [0.1, 0.15) is 192 Å². The largest absolute Gasteiger partial charge is 0.478 e. The second-order valence-corrected chi connectivity index (χ2v) is 31.8. The Morgan fingerprint density at radius 1 is 0.559 bits per heavy atom. The normalized spacial score (nSPS) is 17.1. The Hall–Kier alpha value is -8.16. The molecule has 0 spiro atoms. The van der Waals surface area contributed by atoms with Gasteiger partial charge in [0.05, 0.1) is 17.6 Å². The van der Waals surface area contributed by atoms with Crippen LogP contribution in [0.15, 0.2) is 131 Å². The Bertz CT molecular complexity index is 3850. The number of aromatic carboxylic acids is 1. The molecule has 93 heavy (non-hydrogen) atoms. The lowest BCUT2D eigenvalue weighted by molar-refractivity contribution is 0.0118. The number of rotatable bonds is 15. The van der Waals surface area contributed by atoms with Crippen LogP contribution in [0.5, 0.6) is 0 Å². The smallest absolute Gasteiger partial charge is 0.410 e.